The molecule has 1 aromatic rings. The molecule has 2 aliphatic heterocycles. The Morgan fingerprint density at radius 1 is 1.38 bits per heavy atom. The third-order valence-electron chi connectivity index (χ3n) is 5.49. The molecule has 0 saturated carbocycles. The highest BCUT2D eigenvalue weighted by Crippen LogP contribution is 2.34. The number of hydrogen-bond donors (Lipinski definition) is 2. The molecular weight excluding hydrogens is 409 g/mol. The van der Waals surface area contributed by atoms with E-state index in [1.54, 1.807) is 18.2 Å². The van der Waals surface area contributed by atoms with Gasteiger partial charge in [-0.2, -0.15) is 5.10 Å². The van der Waals surface area contributed by atoms with Gasteiger partial charge in [-0.1, -0.05) is 35.8 Å². The van der Waals surface area contributed by atoms with Crippen LogP contribution in [0.25, 0.3) is 0 Å². The molecule has 0 bridgehead atoms. The second-order valence-corrected chi connectivity index (χ2v) is 8.15. The predicted molar refractivity (Wildman–Crippen MR) is 120 cm³/mol. The maximum absolute atomic E-state index is 6.49. The van der Waals surface area contributed by atoms with Crippen molar-refractivity contribution in [3.8, 4) is 0 Å². The lowest BCUT2D eigenvalue weighted by Crippen LogP contribution is -2.50. The minimum atomic E-state index is -0.378. The van der Waals surface area contributed by atoms with Crippen molar-refractivity contribution >= 4 is 29.4 Å². The molecule has 0 aromatic heterocycles. The predicted octanol–water partition coefficient (Wildman–Crippen LogP) is 4.09. The van der Waals surface area contributed by atoms with Gasteiger partial charge in [-0.25, -0.2) is 0 Å². The van der Waals surface area contributed by atoms with Gasteiger partial charge in [0, 0.05) is 35.3 Å². The Morgan fingerprint density at radius 3 is 2.66 bits per heavy atom. The average molecular weight is 438 g/mol. The van der Waals surface area contributed by atoms with E-state index >= 15 is 0 Å². The highest BCUT2D eigenvalue weighted by molar-refractivity contribution is 6.36. The van der Waals surface area contributed by atoms with Crippen molar-refractivity contribution < 1.29 is 4.74 Å². The van der Waals surface area contributed by atoms with Crippen LogP contribution in [0.4, 0.5) is 0 Å². The zero-order valence-electron chi connectivity index (χ0n) is 16.9. The molecule has 158 valence electrons. The summed E-state index contributed by atoms with van der Waals surface area (Å²) in [6.45, 7) is 7.79. The van der Waals surface area contributed by atoms with Gasteiger partial charge in [0.2, 0.25) is 0 Å². The molecule has 1 aromatic carbocycles. The minimum absolute atomic E-state index is 0.0517. The fraction of sp³-hybridized carbons (Fsp3) is 0.476. The summed E-state index contributed by atoms with van der Waals surface area (Å²) in [5.74, 6) is 0.998. The molecule has 2 unspecified atom stereocenters. The molecule has 1 saturated heterocycles. The van der Waals surface area contributed by atoms with Gasteiger partial charge in [0.25, 0.3) is 0 Å². The van der Waals surface area contributed by atoms with Crippen LogP contribution < -0.4 is 11.1 Å². The van der Waals surface area contributed by atoms with Crippen LogP contribution in [0.15, 0.2) is 47.5 Å². The third-order valence-corrected chi connectivity index (χ3v) is 6.15. The van der Waals surface area contributed by atoms with Gasteiger partial charge in [0.05, 0.1) is 6.04 Å². The summed E-state index contributed by atoms with van der Waals surface area (Å²) in [7, 11) is 1.96. The number of piperidine rings is 1. The first-order valence-electron chi connectivity index (χ1n) is 9.91. The van der Waals surface area contributed by atoms with Gasteiger partial charge in [-0.3, -0.25) is 5.01 Å². The number of hydrogen-bond acceptors (Lipinski definition) is 6. The van der Waals surface area contributed by atoms with Crippen LogP contribution >= 0.6 is 23.2 Å². The molecule has 2 aliphatic rings. The van der Waals surface area contributed by atoms with Crippen LogP contribution in [0, 0.1) is 0 Å². The molecule has 0 spiro atoms. The molecule has 1 fully saturated rings. The molecule has 2 heterocycles. The maximum atomic E-state index is 6.49. The maximum Gasteiger partial charge on any atom is 0.159 e. The number of hydrazone groups is 1. The number of nitrogens with one attached hydrogen (secondary N) is 1. The Morgan fingerprint density at radius 2 is 2.03 bits per heavy atom. The Bertz CT molecular complexity index is 771. The van der Waals surface area contributed by atoms with Gasteiger partial charge in [-0.15, -0.1) is 0 Å². The van der Waals surface area contributed by atoms with Crippen molar-refractivity contribution in [2.75, 3.05) is 20.1 Å². The molecule has 3 N–H and O–H groups in total. The molecule has 8 heteroatoms. The lowest BCUT2D eigenvalue weighted by Gasteiger charge is -2.39. The molecular formula is C21H29Cl2N5O. The van der Waals surface area contributed by atoms with Crippen molar-refractivity contribution in [1.29, 1.82) is 0 Å². The van der Waals surface area contributed by atoms with E-state index in [0.29, 0.717) is 27.7 Å². The fourth-order valence-electron chi connectivity index (χ4n) is 3.86. The van der Waals surface area contributed by atoms with E-state index < -0.39 is 0 Å². The second kappa shape index (κ2) is 9.74. The lowest BCUT2D eigenvalue weighted by atomic mass is 10.1. The average Bonchev–Trinajstić information content (AvgIpc) is 3.21. The van der Waals surface area contributed by atoms with E-state index in [2.05, 4.69) is 22.0 Å². The highest BCUT2D eigenvalue weighted by Gasteiger charge is 2.33. The number of benzene rings is 1. The van der Waals surface area contributed by atoms with Gasteiger partial charge < -0.3 is 20.7 Å². The van der Waals surface area contributed by atoms with E-state index in [9.17, 15) is 0 Å². The van der Waals surface area contributed by atoms with Crippen LogP contribution in [-0.4, -0.2) is 48.5 Å². The van der Waals surface area contributed by atoms with E-state index in [1.807, 2.05) is 31.2 Å². The van der Waals surface area contributed by atoms with Gasteiger partial charge in [-0.05, 0) is 51.1 Å². The first-order valence-corrected chi connectivity index (χ1v) is 10.7. The van der Waals surface area contributed by atoms with Crippen LogP contribution in [0.1, 0.15) is 37.9 Å². The van der Waals surface area contributed by atoms with E-state index in [1.165, 1.54) is 0 Å². The summed E-state index contributed by atoms with van der Waals surface area (Å²) in [6, 6.07) is 5.80. The zero-order valence-corrected chi connectivity index (χ0v) is 18.5. The smallest absolute Gasteiger partial charge is 0.159 e. The van der Waals surface area contributed by atoms with E-state index in [4.69, 9.17) is 33.7 Å². The van der Waals surface area contributed by atoms with Gasteiger partial charge in [0.15, 0.2) is 5.76 Å². The number of nitrogens with zero attached hydrogens (tertiary/aromatic N) is 3. The van der Waals surface area contributed by atoms with Crippen LogP contribution in [0.3, 0.4) is 0 Å². The molecule has 29 heavy (non-hydrogen) atoms. The molecule has 0 radical (unpaired) electrons. The summed E-state index contributed by atoms with van der Waals surface area (Å²) >= 11 is 12.7. The van der Waals surface area contributed by atoms with Gasteiger partial charge >= 0.3 is 0 Å². The van der Waals surface area contributed by atoms with Crippen molar-refractivity contribution in [2.45, 2.75) is 44.5 Å². The summed E-state index contributed by atoms with van der Waals surface area (Å²) in [4.78, 5) is 2.01. The normalized spacial score (nSPS) is 21.7. The third kappa shape index (κ3) is 4.82. The van der Waals surface area contributed by atoms with Crippen molar-refractivity contribution in [1.82, 2.24) is 15.2 Å². The molecule has 3 rings (SSSR count). The van der Waals surface area contributed by atoms with Gasteiger partial charge in [0.1, 0.15) is 18.1 Å². The molecule has 0 aliphatic carbocycles. The van der Waals surface area contributed by atoms with Crippen LogP contribution in [-0.2, 0) is 4.74 Å². The van der Waals surface area contributed by atoms with Crippen LogP contribution in [0.5, 0.6) is 0 Å². The molecule has 0 amide bonds. The Kier molecular flexibility index (Phi) is 7.33. The Hall–Kier alpha value is -1.89. The van der Waals surface area contributed by atoms with Crippen LogP contribution in [0.2, 0.25) is 10.0 Å². The minimum Gasteiger partial charge on any atom is -0.482 e. The lowest BCUT2D eigenvalue weighted by molar-refractivity contribution is 0.0459. The van der Waals surface area contributed by atoms with Crippen molar-refractivity contribution in [3.05, 3.63) is 58.0 Å². The summed E-state index contributed by atoms with van der Waals surface area (Å²) < 4.78 is 6.13. The number of allylic oxidation sites excluding steroid dienone is 1. The van der Waals surface area contributed by atoms with Crippen molar-refractivity contribution in [2.24, 2.45) is 10.8 Å². The van der Waals surface area contributed by atoms with E-state index in [-0.39, 0.29) is 12.3 Å². The van der Waals surface area contributed by atoms with E-state index in [0.717, 1.165) is 37.9 Å². The number of rotatable bonds is 7. The Labute approximate surface area is 183 Å². The summed E-state index contributed by atoms with van der Waals surface area (Å²) in [5, 5.41) is 11.3. The standard InChI is InChI=1S/C21H29Cl2N5O/c1-4-18(29-14(2)20-16(22)6-5-7-17(20)23)21(24)27(3)19-10-13-26-28(19)15-8-11-25-12-9-15/h4-7,13-15,19,25H,1,8-12,24H2,2-3H3/b21-18+. The second-order valence-electron chi connectivity index (χ2n) is 7.34. The summed E-state index contributed by atoms with van der Waals surface area (Å²) in [5.41, 5.74) is 7.22. The molecule has 6 nitrogen and oxygen atoms in total. The quantitative estimate of drug-likeness (QED) is 0.496. The highest BCUT2D eigenvalue weighted by atomic mass is 35.5. The number of halogens is 2. The largest absolute Gasteiger partial charge is 0.482 e. The number of ether oxygens (including phenoxy) is 1. The Balaban J connectivity index is 1.77. The SMILES string of the molecule is C=C/C(OC(C)c1c(Cl)cccc1Cl)=C(/N)N(C)C1CC=NN1C1CCNCC1. The molecule has 2 atom stereocenters. The first-order chi connectivity index (χ1) is 13.9. The first kappa shape index (κ1) is 21.8. The number of nitrogens with two attached hydrogens (primary N) is 1. The monoisotopic (exact) mass is 437 g/mol. The zero-order chi connectivity index (χ0) is 21.0. The fourth-order valence-corrected chi connectivity index (χ4v) is 4.57. The summed E-state index contributed by atoms with van der Waals surface area (Å²) in [6.07, 6.45) is 6.19. The van der Waals surface area contributed by atoms with Crippen molar-refractivity contribution in [3.63, 3.8) is 0 Å². The topological polar surface area (TPSA) is 66.1 Å².